The second-order valence-electron chi connectivity index (χ2n) is 5.74. The number of nitrogens with one attached hydrogen (secondary N) is 2. The Labute approximate surface area is 120 Å². The van der Waals surface area contributed by atoms with Crippen LogP contribution in [0.1, 0.15) is 35.2 Å². The van der Waals surface area contributed by atoms with Gasteiger partial charge in [-0.3, -0.25) is 4.79 Å². The van der Waals surface area contributed by atoms with Gasteiger partial charge in [0, 0.05) is 36.9 Å². The standard InChI is InChI=1S/C16H23N3O/c1-17-12-5-4-10-19(11-12)16(20)14-6-2-8-15-13(14)7-3-9-18-15/h2,6,8,12,17-18H,3-5,7,9-11H2,1H3. The zero-order valence-electron chi connectivity index (χ0n) is 12.1. The van der Waals surface area contributed by atoms with Crippen molar-refractivity contribution in [1.29, 1.82) is 0 Å². The maximum atomic E-state index is 12.8. The van der Waals surface area contributed by atoms with Crippen molar-refractivity contribution < 1.29 is 4.79 Å². The fourth-order valence-electron chi connectivity index (χ4n) is 3.28. The SMILES string of the molecule is CNC1CCCN(C(=O)c2cccc3c2CCCN3)C1. The lowest BCUT2D eigenvalue weighted by Gasteiger charge is -2.33. The number of amides is 1. The van der Waals surface area contributed by atoms with Crippen LogP contribution < -0.4 is 10.6 Å². The number of nitrogens with zero attached hydrogens (tertiary/aromatic N) is 1. The Morgan fingerprint density at radius 2 is 2.30 bits per heavy atom. The second-order valence-corrected chi connectivity index (χ2v) is 5.74. The lowest BCUT2D eigenvalue weighted by molar-refractivity contribution is 0.0697. The van der Waals surface area contributed by atoms with Crippen molar-refractivity contribution in [2.75, 3.05) is 32.0 Å². The molecular formula is C16H23N3O. The van der Waals surface area contributed by atoms with Crippen LogP contribution in [-0.2, 0) is 6.42 Å². The summed E-state index contributed by atoms with van der Waals surface area (Å²) >= 11 is 0. The predicted molar refractivity (Wildman–Crippen MR) is 81.2 cm³/mol. The molecule has 2 aliphatic rings. The predicted octanol–water partition coefficient (Wildman–Crippen LogP) is 1.87. The number of benzene rings is 1. The van der Waals surface area contributed by atoms with E-state index in [9.17, 15) is 4.79 Å². The minimum Gasteiger partial charge on any atom is -0.385 e. The van der Waals surface area contributed by atoms with Gasteiger partial charge in [0.25, 0.3) is 5.91 Å². The quantitative estimate of drug-likeness (QED) is 0.864. The zero-order valence-corrected chi connectivity index (χ0v) is 12.1. The molecule has 0 aliphatic carbocycles. The lowest BCUT2D eigenvalue weighted by atomic mass is 9.96. The van der Waals surface area contributed by atoms with Crippen LogP contribution in [0.4, 0.5) is 5.69 Å². The Morgan fingerprint density at radius 1 is 1.40 bits per heavy atom. The first-order valence-electron chi connectivity index (χ1n) is 7.62. The second kappa shape index (κ2) is 5.83. The molecule has 4 nitrogen and oxygen atoms in total. The molecule has 0 bridgehead atoms. The van der Waals surface area contributed by atoms with Gasteiger partial charge in [0.2, 0.25) is 0 Å². The Bertz CT molecular complexity index is 500. The van der Waals surface area contributed by atoms with Crippen LogP contribution in [0.25, 0.3) is 0 Å². The van der Waals surface area contributed by atoms with Crippen molar-refractivity contribution >= 4 is 11.6 Å². The summed E-state index contributed by atoms with van der Waals surface area (Å²) in [5, 5.41) is 6.69. The van der Waals surface area contributed by atoms with Crippen molar-refractivity contribution in [2.45, 2.75) is 31.7 Å². The highest BCUT2D eigenvalue weighted by molar-refractivity contribution is 5.97. The number of hydrogen-bond donors (Lipinski definition) is 2. The number of likely N-dealkylation sites (N-methyl/N-ethyl adjacent to an activating group) is 1. The van der Waals surface area contributed by atoms with Gasteiger partial charge >= 0.3 is 0 Å². The van der Waals surface area contributed by atoms with E-state index in [4.69, 9.17) is 0 Å². The zero-order chi connectivity index (χ0) is 13.9. The topological polar surface area (TPSA) is 44.4 Å². The molecule has 3 rings (SSSR count). The van der Waals surface area contributed by atoms with Crippen molar-refractivity contribution in [2.24, 2.45) is 0 Å². The average molecular weight is 273 g/mol. The van der Waals surface area contributed by atoms with Crippen molar-refractivity contribution in [3.8, 4) is 0 Å². The summed E-state index contributed by atoms with van der Waals surface area (Å²) in [6, 6.07) is 6.49. The fraction of sp³-hybridized carbons (Fsp3) is 0.562. The van der Waals surface area contributed by atoms with E-state index in [1.165, 1.54) is 5.56 Å². The van der Waals surface area contributed by atoms with Crippen LogP contribution >= 0.6 is 0 Å². The highest BCUT2D eigenvalue weighted by Crippen LogP contribution is 2.27. The van der Waals surface area contributed by atoms with E-state index < -0.39 is 0 Å². The van der Waals surface area contributed by atoms with Gasteiger partial charge in [-0.1, -0.05) is 6.07 Å². The van der Waals surface area contributed by atoms with Gasteiger partial charge < -0.3 is 15.5 Å². The number of anilines is 1. The maximum Gasteiger partial charge on any atom is 0.254 e. The first-order chi connectivity index (χ1) is 9.79. The molecule has 2 heterocycles. The number of rotatable bonds is 2. The molecule has 4 heteroatoms. The molecule has 0 radical (unpaired) electrons. The van der Waals surface area contributed by atoms with E-state index in [2.05, 4.69) is 16.7 Å². The Hall–Kier alpha value is -1.55. The summed E-state index contributed by atoms with van der Waals surface area (Å²) in [5.41, 5.74) is 3.24. The van der Waals surface area contributed by atoms with Gasteiger partial charge in [-0.2, -0.15) is 0 Å². The highest BCUT2D eigenvalue weighted by Gasteiger charge is 2.26. The third-order valence-corrected chi connectivity index (χ3v) is 4.44. The van der Waals surface area contributed by atoms with Gasteiger partial charge in [-0.15, -0.1) is 0 Å². The van der Waals surface area contributed by atoms with Crippen LogP contribution in [0.5, 0.6) is 0 Å². The Balaban J connectivity index is 1.83. The van der Waals surface area contributed by atoms with Gasteiger partial charge in [-0.05, 0) is 50.4 Å². The first-order valence-corrected chi connectivity index (χ1v) is 7.62. The van der Waals surface area contributed by atoms with Crippen molar-refractivity contribution in [3.05, 3.63) is 29.3 Å². The minimum atomic E-state index is 0.200. The summed E-state index contributed by atoms with van der Waals surface area (Å²) in [6.45, 7) is 2.72. The molecule has 1 aromatic carbocycles. The molecule has 2 N–H and O–H groups in total. The molecule has 1 unspecified atom stereocenters. The smallest absolute Gasteiger partial charge is 0.254 e. The number of likely N-dealkylation sites (tertiary alicyclic amines) is 1. The molecule has 1 fully saturated rings. The molecule has 1 aromatic rings. The molecule has 2 aliphatic heterocycles. The number of fused-ring (bicyclic) bond motifs is 1. The summed E-state index contributed by atoms with van der Waals surface area (Å²) in [7, 11) is 1.98. The molecule has 0 saturated carbocycles. The molecule has 1 atom stereocenters. The van der Waals surface area contributed by atoms with Crippen molar-refractivity contribution in [1.82, 2.24) is 10.2 Å². The number of piperidine rings is 1. The maximum absolute atomic E-state index is 12.8. The molecular weight excluding hydrogens is 250 g/mol. The first kappa shape index (κ1) is 13.4. The normalized spacial score (nSPS) is 22.1. The van der Waals surface area contributed by atoms with Gasteiger partial charge in [0.1, 0.15) is 0 Å². The minimum absolute atomic E-state index is 0.200. The molecule has 0 spiro atoms. The van der Waals surface area contributed by atoms with Crippen molar-refractivity contribution in [3.63, 3.8) is 0 Å². The molecule has 1 saturated heterocycles. The van der Waals surface area contributed by atoms with Gasteiger partial charge in [-0.25, -0.2) is 0 Å². The Kier molecular flexibility index (Phi) is 3.92. The Morgan fingerprint density at radius 3 is 3.15 bits per heavy atom. The largest absolute Gasteiger partial charge is 0.385 e. The van der Waals surface area contributed by atoms with Crippen LogP contribution in [0, 0.1) is 0 Å². The van der Waals surface area contributed by atoms with Crippen LogP contribution in [-0.4, -0.2) is 43.5 Å². The third kappa shape index (κ3) is 2.52. The molecule has 20 heavy (non-hydrogen) atoms. The summed E-state index contributed by atoms with van der Waals surface area (Å²) < 4.78 is 0. The molecule has 108 valence electrons. The van der Waals surface area contributed by atoms with E-state index in [0.717, 1.165) is 56.6 Å². The van der Waals surface area contributed by atoms with Crippen LogP contribution in [0.2, 0.25) is 0 Å². The highest BCUT2D eigenvalue weighted by atomic mass is 16.2. The third-order valence-electron chi connectivity index (χ3n) is 4.44. The van der Waals surface area contributed by atoms with E-state index in [1.807, 2.05) is 24.1 Å². The average Bonchev–Trinajstić information content (AvgIpc) is 2.53. The number of carbonyl (C=O) groups excluding carboxylic acids is 1. The fourth-order valence-corrected chi connectivity index (χ4v) is 3.28. The molecule has 1 amide bonds. The van der Waals surface area contributed by atoms with Gasteiger partial charge in [0.15, 0.2) is 0 Å². The molecule has 0 aromatic heterocycles. The monoisotopic (exact) mass is 273 g/mol. The van der Waals surface area contributed by atoms with E-state index >= 15 is 0 Å². The summed E-state index contributed by atoms with van der Waals surface area (Å²) in [6.07, 6.45) is 4.36. The van der Waals surface area contributed by atoms with E-state index in [-0.39, 0.29) is 5.91 Å². The summed E-state index contributed by atoms with van der Waals surface area (Å²) in [4.78, 5) is 14.8. The number of carbonyl (C=O) groups is 1. The summed E-state index contributed by atoms with van der Waals surface area (Å²) in [5.74, 6) is 0.200. The number of hydrogen-bond acceptors (Lipinski definition) is 3. The lowest BCUT2D eigenvalue weighted by Crippen LogP contribution is -2.47. The van der Waals surface area contributed by atoms with Crippen LogP contribution in [0.3, 0.4) is 0 Å². The van der Waals surface area contributed by atoms with Crippen LogP contribution in [0.15, 0.2) is 18.2 Å². The van der Waals surface area contributed by atoms with Gasteiger partial charge in [0.05, 0.1) is 0 Å². The van der Waals surface area contributed by atoms with E-state index in [1.54, 1.807) is 0 Å². The van der Waals surface area contributed by atoms with E-state index in [0.29, 0.717) is 6.04 Å².